The highest BCUT2D eigenvalue weighted by Crippen LogP contribution is 2.42. The van der Waals surface area contributed by atoms with E-state index in [0.717, 1.165) is 29.5 Å². The summed E-state index contributed by atoms with van der Waals surface area (Å²) in [5.74, 6) is 0. The second-order valence-electron chi connectivity index (χ2n) is 12.8. The predicted molar refractivity (Wildman–Crippen MR) is 203 cm³/mol. The van der Waals surface area contributed by atoms with Crippen molar-refractivity contribution in [3.8, 4) is 11.1 Å². The molecule has 0 bridgehead atoms. The molecule has 0 fully saturated rings. The summed E-state index contributed by atoms with van der Waals surface area (Å²) in [5.41, 5.74) is 25.7. The molecule has 0 heterocycles. The van der Waals surface area contributed by atoms with E-state index in [9.17, 15) is 0 Å². The third-order valence-electron chi connectivity index (χ3n) is 10.2. The van der Waals surface area contributed by atoms with Crippen molar-refractivity contribution in [2.45, 2.75) is 19.8 Å². The topological polar surface area (TPSA) is 52.0 Å². The van der Waals surface area contributed by atoms with Gasteiger partial charge in [0.2, 0.25) is 0 Å². The molecular weight excluding hydrogens is 569 g/mol. The fraction of sp³-hybridized carbons (Fsp3) is 0.0667. The average molecular weight is 603 g/mol. The third-order valence-corrected chi connectivity index (χ3v) is 10.2. The summed E-state index contributed by atoms with van der Waals surface area (Å²) in [6.07, 6.45) is 15.1. The largest absolute Gasteiger partial charge is 0.397 e. The van der Waals surface area contributed by atoms with Crippen LogP contribution in [0.25, 0.3) is 77.6 Å². The molecule has 224 valence electrons. The minimum Gasteiger partial charge on any atom is -0.397 e. The molecule has 0 aromatic heterocycles. The molecule has 2 aliphatic carbocycles. The fourth-order valence-corrected chi connectivity index (χ4v) is 7.88. The van der Waals surface area contributed by atoms with Crippen LogP contribution in [0.4, 0.5) is 0 Å². The SMILES string of the molecule is C\C=C/C(=C\c1ccc2ccc3c4c2c1CC=C4CC=C3)C(/N)=C(/N)c1ccc(-c2ccc3ccc4cccc5ccc2c3c45)cc1. The maximum absolute atomic E-state index is 6.87. The summed E-state index contributed by atoms with van der Waals surface area (Å²) in [6, 6.07) is 37.4. The molecule has 7 aromatic rings. The molecule has 0 radical (unpaired) electrons. The lowest BCUT2D eigenvalue weighted by Gasteiger charge is -2.24. The third kappa shape index (κ3) is 4.26. The first-order valence-electron chi connectivity index (χ1n) is 16.4. The molecule has 2 aliphatic rings. The van der Waals surface area contributed by atoms with E-state index < -0.39 is 0 Å². The van der Waals surface area contributed by atoms with Crippen molar-refractivity contribution in [2.75, 3.05) is 0 Å². The molecule has 2 heteroatoms. The van der Waals surface area contributed by atoms with Crippen molar-refractivity contribution < 1.29 is 0 Å². The molecule has 47 heavy (non-hydrogen) atoms. The van der Waals surface area contributed by atoms with E-state index in [1.54, 1.807) is 0 Å². The van der Waals surface area contributed by atoms with Gasteiger partial charge in [-0.3, -0.25) is 0 Å². The zero-order chi connectivity index (χ0) is 31.6. The standard InChI is InChI=1S/C45H34N2/c1-2-5-36(26-35-19-16-32-14-12-28-6-3-8-30-21-24-38(35)42(32)40(28)30)45(47)44(46)34-17-10-27(11-18-34)37-23-20-33-15-13-29-7-4-9-31-22-25-39(37)43(33)41(29)31/h2-7,9-23,25-26H,8,24,46-47H2,1H3/b5-2-,36-26+,45-44-. The Morgan fingerprint density at radius 3 is 2.19 bits per heavy atom. The van der Waals surface area contributed by atoms with E-state index in [1.807, 2.05) is 13.0 Å². The smallest absolute Gasteiger partial charge is 0.0627 e. The van der Waals surface area contributed by atoms with Crippen LogP contribution in [-0.4, -0.2) is 0 Å². The Morgan fingerprint density at radius 2 is 1.38 bits per heavy atom. The minimum absolute atomic E-state index is 0.579. The summed E-state index contributed by atoms with van der Waals surface area (Å²) in [7, 11) is 0. The number of hydrogen-bond donors (Lipinski definition) is 2. The monoisotopic (exact) mass is 602 g/mol. The molecule has 0 spiro atoms. The van der Waals surface area contributed by atoms with Crippen LogP contribution in [0.5, 0.6) is 0 Å². The Morgan fingerprint density at radius 1 is 0.681 bits per heavy atom. The van der Waals surface area contributed by atoms with Crippen LogP contribution in [0, 0.1) is 0 Å². The van der Waals surface area contributed by atoms with Crippen molar-refractivity contribution in [2.24, 2.45) is 11.5 Å². The lowest BCUT2D eigenvalue weighted by Crippen LogP contribution is -2.11. The van der Waals surface area contributed by atoms with Crippen molar-refractivity contribution in [3.63, 3.8) is 0 Å². The molecule has 0 saturated carbocycles. The first-order chi connectivity index (χ1) is 23.1. The number of nitrogens with two attached hydrogens (primary N) is 2. The first kappa shape index (κ1) is 27.5. The number of rotatable bonds is 5. The molecule has 0 atom stereocenters. The molecule has 9 rings (SSSR count). The summed E-state index contributed by atoms with van der Waals surface area (Å²) in [5, 5.41) is 10.4. The van der Waals surface area contributed by atoms with Gasteiger partial charge < -0.3 is 11.5 Å². The maximum Gasteiger partial charge on any atom is 0.0627 e. The van der Waals surface area contributed by atoms with Crippen molar-refractivity contribution in [3.05, 3.63) is 167 Å². The van der Waals surface area contributed by atoms with E-state index in [0.29, 0.717) is 11.4 Å². The quantitative estimate of drug-likeness (QED) is 0.152. The lowest BCUT2D eigenvalue weighted by atomic mass is 9.80. The van der Waals surface area contributed by atoms with E-state index >= 15 is 0 Å². The predicted octanol–water partition coefficient (Wildman–Crippen LogP) is 11.0. The van der Waals surface area contributed by atoms with E-state index in [-0.39, 0.29) is 0 Å². The Bertz CT molecular complexity index is 2560. The second kappa shape index (κ2) is 10.6. The van der Waals surface area contributed by atoms with Crippen LogP contribution in [0.3, 0.4) is 0 Å². The molecule has 0 aliphatic heterocycles. The summed E-state index contributed by atoms with van der Waals surface area (Å²) in [4.78, 5) is 0. The highest BCUT2D eigenvalue weighted by atomic mass is 14.7. The summed E-state index contributed by atoms with van der Waals surface area (Å²) >= 11 is 0. The van der Waals surface area contributed by atoms with Crippen molar-refractivity contribution in [1.29, 1.82) is 0 Å². The Kier molecular flexibility index (Phi) is 6.20. The Hall–Kier alpha value is -5.86. The molecule has 7 aromatic carbocycles. The highest BCUT2D eigenvalue weighted by molar-refractivity contribution is 6.25. The zero-order valence-corrected chi connectivity index (χ0v) is 26.3. The minimum atomic E-state index is 0.579. The van der Waals surface area contributed by atoms with Gasteiger partial charge in [0.25, 0.3) is 0 Å². The zero-order valence-electron chi connectivity index (χ0n) is 26.3. The maximum atomic E-state index is 6.87. The van der Waals surface area contributed by atoms with Crippen molar-refractivity contribution in [1.82, 2.24) is 0 Å². The van der Waals surface area contributed by atoms with Gasteiger partial charge in [-0.25, -0.2) is 0 Å². The normalized spacial score (nSPS) is 14.9. The van der Waals surface area contributed by atoms with E-state index in [1.165, 1.54) is 76.5 Å². The number of hydrogen-bond acceptors (Lipinski definition) is 2. The van der Waals surface area contributed by atoms with Crippen LogP contribution in [0.2, 0.25) is 0 Å². The van der Waals surface area contributed by atoms with Crippen LogP contribution in [-0.2, 0) is 6.42 Å². The van der Waals surface area contributed by atoms with Crippen LogP contribution < -0.4 is 11.5 Å². The molecule has 4 N–H and O–H groups in total. The van der Waals surface area contributed by atoms with Crippen molar-refractivity contribution >= 4 is 66.5 Å². The van der Waals surface area contributed by atoms with Gasteiger partial charge in [-0.05, 0) is 119 Å². The van der Waals surface area contributed by atoms with Gasteiger partial charge >= 0.3 is 0 Å². The van der Waals surface area contributed by atoms with Gasteiger partial charge in [-0.15, -0.1) is 0 Å². The van der Waals surface area contributed by atoms with Gasteiger partial charge in [-0.2, -0.15) is 0 Å². The van der Waals surface area contributed by atoms with E-state index in [4.69, 9.17) is 11.5 Å². The molecule has 0 saturated heterocycles. The van der Waals surface area contributed by atoms with Gasteiger partial charge in [0, 0.05) is 0 Å². The van der Waals surface area contributed by atoms with Gasteiger partial charge in [0.15, 0.2) is 0 Å². The number of benzene rings is 7. The second-order valence-corrected chi connectivity index (χ2v) is 12.8. The van der Waals surface area contributed by atoms with E-state index in [2.05, 4.69) is 134 Å². The Balaban J connectivity index is 1.11. The average Bonchev–Trinajstić information content (AvgIpc) is 3.12. The van der Waals surface area contributed by atoms with Gasteiger partial charge in [0.05, 0.1) is 11.4 Å². The van der Waals surface area contributed by atoms with Gasteiger partial charge in [-0.1, -0.05) is 134 Å². The number of allylic oxidation sites excluding steroid dienone is 5. The molecule has 0 amide bonds. The van der Waals surface area contributed by atoms with Crippen LogP contribution >= 0.6 is 0 Å². The molecule has 2 nitrogen and oxygen atoms in total. The van der Waals surface area contributed by atoms with Gasteiger partial charge in [0.1, 0.15) is 0 Å². The molecule has 0 unspecified atom stereocenters. The van der Waals surface area contributed by atoms with Crippen LogP contribution in [0.15, 0.2) is 139 Å². The highest BCUT2D eigenvalue weighted by Gasteiger charge is 2.21. The van der Waals surface area contributed by atoms with Crippen LogP contribution in [0.1, 0.15) is 41.2 Å². The summed E-state index contributed by atoms with van der Waals surface area (Å²) in [6.45, 7) is 2.02. The Labute approximate surface area is 274 Å². The fourth-order valence-electron chi connectivity index (χ4n) is 7.88. The lowest BCUT2D eigenvalue weighted by molar-refractivity contribution is 1.22. The molecular formula is C45H34N2. The summed E-state index contributed by atoms with van der Waals surface area (Å²) < 4.78 is 0. The first-order valence-corrected chi connectivity index (χ1v) is 16.4.